The summed E-state index contributed by atoms with van der Waals surface area (Å²) in [4.78, 5) is 0. The zero-order valence-corrected chi connectivity index (χ0v) is 13.2. The maximum absolute atomic E-state index is 12.3. The summed E-state index contributed by atoms with van der Waals surface area (Å²) < 4.78 is 27.9. The third kappa shape index (κ3) is 3.02. The predicted octanol–water partition coefficient (Wildman–Crippen LogP) is 0.294. The average molecular weight is 307 g/mol. The van der Waals surface area contributed by atoms with Gasteiger partial charge < -0.3 is 5.11 Å². The first-order valence-electron chi connectivity index (χ1n) is 6.39. The van der Waals surface area contributed by atoms with Crippen LogP contribution < -0.4 is 9.79 Å². The number of fused-ring (bicyclic) bond motifs is 1. The summed E-state index contributed by atoms with van der Waals surface area (Å²) in [7, 11) is -2.21. The van der Waals surface area contributed by atoms with Gasteiger partial charge in [-0.05, 0) is 31.9 Å². The van der Waals surface area contributed by atoms with Gasteiger partial charge >= 0.3 is 0 Å². The van der Waals surface area contributed by atoms with Crippen molar-refractivity contribution >= 4 is 26.8 Å². The van der Waals surface area contributed by atoms with Crippen LogP contribution in [0.25, 0.3) is 10.9 Å². The van der Waals surface area contributed by atoms with E-state index in [1.807, 2.05) is 0 Å². The second-order valence-corrected chi connectivity index (χ2v) is 8.07. The highest BCUT2D eigenvalue weighted by atomic mass is 32.2. The second-order valence-electron chi connectivity index (χ2n) is 5.72. The molecule has 0 aliphatic heterocycles. The van der Waals surface area contributed by atoms with Gasteiger partial charge in [-0.3, -0.25) is 0 Å². The fraction of sp³-hybridized carbons (Fsp3) is 0.357. The van der Waals surface area contributed by atoms with E-state index in [1.54, 1.807) is 31.3 Å². The Kier molecular flexibility index (Phi) is 3.71. The van der Waals surface area contributed by atoms with Gasteiger partial charge in [0.1, 0.15) is 5.52 Å². The molecular weight excluding hydrogens is 290 g/mol. The third-order valence-corrected chi connectivity index (χ3v) is 4.94. The molecule has 0 saturated heterocycles. The van der Waals surface area contributed by atoms with Gasteiger partial charge in [0.15, 0.2) is 7.05 Å². The van der Waals surface area contributed by atoms with Gasteiger partial charge in [0.2, 0.25) is 6.20 Å². The van der Waals surface area contributed by atoms with Crippen LogP contribution in [-0.4, -0.2) is 24.2 Å². The zero-order chi connectivity index (χ0) is 15.8. The van der Waals surface area contributed by atoms with Gasteiger partial charge in [-0.2, -0.15) is 4.40 Å². The Morgan fingerprint density at radius 2 is 1.90 bits per heavy atom. The van der Waals surface area contributed by atoms with Crippen molar-refractivity contribution in [2.75, 3.05) is 0 Å². The van der Waals surface area contributed by atoms with Crippen LogP contribution in [0.2, 0.25) is 0 Å². The number of aryl methyl sites for hydroxylation is 1. The third-order valence-electron chi connectivity index (χ3n) is 2.98. The summed E-state index contributed by atoms with van der Waals surface area (Å²) >= 11 is 0. The minimum absolute atomic E-state index is 0.218. The molecular formula is C14H17N3O3S. The standard InChI is InChI=1S/C14H17N3O3S/c1-14(2,3)21(19,20)16-13(18)11-9-17(4)15-12-8-6-5-7-10(11)12/h5-9H,1-4H3. The van der Waals surface area contributed by atoms with Crippen molar-refractivity contribution in [3.63, 3.8) is 0 Å². The minimum atomic E-state index is -3.88. The van der Waals surface area contributed by atoms with Crippen molar-refractivity contribution in [1.82, 2.24) is 5.10 Å². The molecule has 0 aliphatic rings. The maximum Gasteiger partial charge on any atom is 0.257 e. The largest absolute Gasteiger partial charge is 0.857 e. The molecule has 1 aromatic carbocycles. The highest BCUT2D eigenvalue weighted by molar-refractivity contribution is 7.91. The molecule has 0 aliphatic carbocycles. The van der Waals surface area contributed by atoms with Gasteiger partial charge in [0.05, 0.1) is 10.3 Å². The van der Waals surface area contributed by atoms with E-state index in [-0.39, 0.29) is 5.56 Å². The maximum atomic E-state index is 12.3. The minimum Gasteiger partial charge on any atom is -0.857 e. The van der Waals surface area contributed by atoms with E-state index in [4.69, 9.17) is 0 Å². The Hall–Kier alpha value is -2.02. The van der Waals surface area contributed by atoms with E-state index < -0.39 is 20.7 Å². The number of sulfonamides is 1. The van der Waals surface area contributed by atoms with Gasteiger partial charge in [-0.15, -0.1) is 0 Å². The molecule has 21 heavy (non-hydrogen) atoms. The van der Waals surface area contributed by atoms with Gasteiger partial charge in [0.25, 0.3) is 10.0 Å². The summed E-state index contributed by atoms with van der Waals surface area (Å²) in [6.45, 7) is 4.51. The van der Waals surface area contributed by atoms with E-state index in [0.717, 1.165) is 0 Å². The molecule has 0 saturated carbocycles. The number of hydrogen-bond acceptors (Lipinski definition) is 4. The molecule has 1 heterocycles. The van der Waals surface area contributed by atoms with E-state index in [1.165, 1.54) is 31.6 Å². The Balaban J connectivity index is 2.67. The van der Waals surface area contributed by atoms with Gasteiger partial charge in [-0.1, -0.05) is 22.9 Å². The molecule has 1 aromatic heterocycles. The molecule has 2 aromatic rings. The second kappa shape index (κ2) is 5.07. The van der Waals surface area contributed by atoms with E-state index >= 15 is 0 Å². The van der Waals surface area contributed by atoms with Crippen molar-refractivity contribution in [3.8, 4) is 0 Å². The van der Waals surface area contributed by atoms with E-state index in [0.29, 0.717) is 10.9 Å². The average Bonchev–Trinajstić information content (AvgIpc) is 2.35. The predicted molar refractivity (Wildman–Crippen MR) is 78.1 cm³/mol. The highest BCUT2D eigenvalue weighted by Gasteiger charge is 2.28. The van der Waals surface area contributed by atoms with Crippen molar-refractivity contribution in [1.29, 1.82) is 0 Å². The molecule has 0 radical (unpaired) electrons. The molecule has 0 N–H and O–H groups in total. The first-order chi connectivity index (χ1) is 9.62. The van der Waals surface area contributed by atoms with Crippen molar-refractivity contribution in [2.24, 2.45) is 11.4 Å². The van der Waals surface area contributed by atoms with Crippen molar-refractivity contribution in [3.05, 3.63) is 36.0 Å². The quantitative estimate of drug-likeness (QED) is 0.453. The Morgan fingerprint density at radius 1 is 1.29 bits per heavy atom. The fourth-order valence-corrected chi connectivity index (χ4v) is 2.30. The molecule has 6 nitrogen and oxygen atoms in total. The number of nitrogens with zero attached hydrogens (tertiary/aromatic N) is 3. The van der Waals surface area contributed by atoms with E-state index in [9.17, 15) is 13.5 Å². The first-order valence-corrected chi connectivity index (χ1v) is 7.83. The van der Waals surface area contributed by atoms with E-state index in [2.05, 4.69) is 9.50 Å². The lowest BCUT2D eigenvalue weighted by atomic mass is 10.1. The highest BCUT2D eigenvalue weighted by Crippen LogP contribution is 2.19. The Morgan fingerprint density at radius 3 is 2.52 bits per heavy atom. The Labute approximate surface area is 123 Å². The van der Waals surface area contributed by atoms with Crippen LogP contribution in [0.4, 0.5) is 0 Å². The van der Waals surface area contributed by atoms with Crippen LogP contribution in [0.1, 0.15) is 26.3 Å². The number of hydrogen-bond donors (Lipinski definition) is 0. The normalized spacial score (nSPS) is 13.6. The molecule has 2 rings (SSSR count). The molecule has 112 valence electrons. The van der Waals surface area contributed by atoms with Crippen LogP contribution in [0, 0.1) is 0 Å². The lowest BCUT2D eigenvalue weighted by molar-refractivity contribution is -0.728. The van der Waals surface area contributed by atoms with Crippen molar-refractivity contribution in [2.45, 2.75) is 25.5 Å². The van der Waals surface area contributed by atoms with Gasteiger partial charge in [0, 0.05) is 11.3 Å². The molecule has 0 spiro atoms. The number of benzene rings is 1. The number of aromatic nitrogens is 2. The molecule has 7 heteroatoms. The lowest BCUT2D eigenvalue weighted by Crippen LogP contribution is -2.36. The lowest BCUT2D eigenvalue weighted by Gasteiger charge is -2.18. The fourth-order valence-electron chi connectivity index (χ4n) is 1.71. The summed E-state index contributed by atoms with van der Waals surface area (Å²) in [6.07, 6.45) is 1.48. The summed E-state index contributed by atoms with van der Waals surface area (Å²) in [6, 6.07) is 7.03. The molecule has 0 atom stereocenters. The van der Waals surface area contributed by atoms with Crippen LogP contribution in [0.15, 0.2) is 34.9 Å². The summed E-state index contributed by atoms with van der Waals surface area (Å²) in [5.74, 6) is -0.779. The van der Waals surface area contributed by atoms with Crippen LogP contribution in [0.5, 0.6) is 0 Å². The molecule has 0 unspecified atom stereocenters. The van der Waals surface area contributed by atoms with Crippen LogP contribution in [0.3, 0.4) is 0 Å². The summed E-state index contributed by atoms with van der Waals surface area (Å²) in [5.41, 5.74) is 0.824. The molecule has 0 amide bonds. The van der Waals surface area contributed by atoms with Gasteiger partial charge in [-0.25, -0.2) is 8.42 Å². The van der Waals surface area contributed by atoms with Crippen molar-refractivity contribution < 1.29 is 18.2 Å². The molecule has 0 fully saturated rings. The smallest absolute Gasteiger partial charge is 0.257 e. The monoisotopic (exact) mass is 307 g/mol. The van der Waals surface area contributed by atoms with Crippen LogP contribution in [-0.2, 0) is 17.1 Å². The topological polar surface area (TPSA) is 86.3 Å². The number of rotatable bonds is 2. The van der Waals surface area contributed by atoms with Crippen LogP contribution >= 0.6 is 0 Å². The Bertz CT molecular complexity index is 821. The zero-order valence-electron chi connectivity index (χ0n) is 12.4. The first kappa shape index (κ1) is 15.4. The summed E-state index contributed by atoms with van der Waals surface area (Å²) in [5, 5.41) is 17.1. The SMILES string of the molecule is C[n+]1cc(/C([O-])=N/S(=O)(=O)C(C)(C)C)c2ccccc2n1. The molecule has 0 bridgehead atoms.